The fourth-order valence-corrected chi connectivity index (χ4v) is 4.55. The van der Waals surface area contributed by atoms with Crippen molar-refractivity contribution in [2.45, 2.75) is 52.6 Å². The summed E-state index contributed by atoms with van der Waals surface area (Å²) in [6.45, 7) is 6.73. The molecule has 0 aliphatic rings. The first-order valence-electron chi connectivity index (χ1n) is 11.3. The highest BCUT2D eigenvalue weighted by molar-refractivity contribution is 7.92. The molecule has 0 bridgehead atoms. The maximum Gasteiger partial charge on any atom is 0.242 e. The molecule has 0 heterocycles. The Balaban J connectivity index is 2.13. The number of benzene rings is 2. The lowest BCUT2D eigenvalue weighted by Crippen LogP contribution is -2.47. The molecule has 2 aromatic carbocycles. The molecule has 0 spiro atoms. The first kappa shape index (κ1) is 26.4. The summed E-state index contributed by atoms with van der Waals surface area (Å²) in [7, 11) is -3.49. The normalized spacial score (nSPS) is 12.1. The third kappa shape index (κ3) is 8.20. The lowest BCUT2D eigenvalue weighted by atomic mass is 10.1. The summed E-state index contributed by atoms with van der Waals surface area (Å²) in [6, 6.07) is 16.0. The van der Waals surface area contributed by atoms with Crippen LogP contribution in [-0.2, 0) is 26.2 Å². The number of hydrogen-bond acceptors (Lipinski definition) is 4. The van der Waals surface area contributed by atoms with Gasteiger partial charge in [-0.3, -0.25) is 13.9 Å². The van der Waals surface area contributed by atoms with E-state index in [2.05, 4.69) is 5.32 Å². The van der Waals surface area contributed by atoms with Crippen molar-refractivity contribution in [3.05, 3.63) is 65.7 Å². The van der Waals surface area contributed by atoms with E-state index in [9.17, 15) is 18.0 Å². The molecule has 0 unspecified atom stereocenters. The molecule has 2 aromatic rings. The van der Waals surface area contributed by atoms with Crippen LogP contribution in [0.25, 0.3) is 0 Å². The summed E-state index contributed by atoms with van der Waals surface area (Å²) in [5.41, 5.74) is 2.59. The second-order valence-corrected chi connectivity index (χ2v) is 10.2. The molecule has 1 N–H and O–H groups in total. The first-order valence-corrected chi connectivity index (χ1v) is 13.1. The van der Waals surface area contributed by atoms with Crippen molar-refractivity contribution in [1.29, 1.82) is 0 Å². The second-order valence-electron chi connectivity index (χ2n) is 8.25. The zero-order valence-corrected chi connectivity index (χ0v) is 20.8. The summed E-state index contributed by atoms with van der Waals surface area (Å²) in [5.74, 6) is -0.378. The molecule has 7 nitrogen and oxygen atoms in total. The van der Waals surface area contributed by atoms with Crippen LogP contribution in [0.4, 0.5) is 5.69 Å². The number of para-hydroxylation sites is 1. The molecule has 8 heteroatoms. The number of carbonyl (C=O) groups is 2. The van der Waals surface area contributed by atoms with E-state index in [1.165, 1.54) is 4.31 Å². The van der Waals surface area contributed by atoms with Crippen LogP contribution in [0.5, 0.6) is 0 Å². The Morgan fingerprint density at radius 1 is 1.06 bits per heavy atom. The summed E-state index contributed by atoms with van der Waals surface area (Å²) < 4.78 is 25.9. The molecule has 0 aromatic heterocycles. The van der Waals surface area contributed by atoms with Gasteiger partial charge in [0.05, 0.1) is 11.9 Å². The number of nitrogens with zero attached hydrogens (tertiary/aromatic N) is 2. The molecule has 0 saturated heterocycles. The van der Waals surface area contributed by atoms with Crippen LogP contribution in [0.2, 0.25) is 0 Å². The van der Waals surface area contributed by atoms with Crippen molar-refractivity contribution < 1.29 is 18.0 Å². The Kier molecular flexibility index (Phi) is 9.91. The number of rotatable bonds is 12. The van der Waals surface area contributed by atoms with Gasteiger partial charge in [-0.25, -0.2) is 8.42 Å². The number of amides is 2. The van der Waals surface area contributed by atoms with Crippen molar-refractivity contribution in [1.82, 2.24) is 10.2 Å². The molecule has 0 saturated carbocycles. The molecule has 0 radical (unpaired) electrons. The molecule has 2 amide bonds. The van der Waals surface area contributed by atoms with Crippen LogP contribution < -0.4 is 9.62 Å². The Morgan fingerprint density at radius 3 is 2.36 bits per heavy atom. The van der Waals surface area contributed by atoms with Crippen molar-refractivity contribution in [3.8, 4) is 0 Å². The highest BCUT2D eigenvalue weighted by atomic mass is 32.2. The van der Waals surface area contributed by atoms with Gasteiger partial charge in [-0.2, -0.15) is 0 Å². The Bertz CT molecular complexity index is 1020. The highest BCUT2D eigenvalue weighted by Gasteiger charge is 2.26. The van der Waals surface area contributed by atoms with Crippen LogP contribution in [-0.4, -0.2) is 50.5 Å². The predicted octanol–water partition coefficient (Wildman–Crippen LogP) is 3.48. The zero-order valence-electron chi connectivity index (χ0n) is 20.0. The Labute approximate surface area is 197 Å². The number of carbonyl (C=O) groups excluding carboxylic acids is 2. The third-order valence-electron chi connectivity index (χ3n) is 5.35. The number of anilines is 1. The molecule has 2 rings (SSSR count). The zero-order chi connectivity index (χ0) is 24.4. The minimum absolute atomic E-state index is 0.135. The SMILES string of the molecule is CCCNC(=O)[C@H](C)N(Cc1cccc(C)c1)C(=O)CCCN(c1ccccc1)S(C)(=O)=O. The lowest BCUT2D eigenvalue weighted by Gasteiger charge is -2.29. The van der Waals surface area contributed by atoms with Crippen LogP contribution >= 0.6 is 0 Å². The number of nitrogens with one attached hydrogen (secondary N) is 1. The van der Waals surface area contributed by atoms with Gasteiger partial charge in [-0.1, -0.05) is 55.0 Å². The van der Waals surface area contributed by atoms with Crippen LogP contribution in [0.3, 0.4) is 0 Å². The topological polar surface area (TPSA) is 86.8 Å². The van der Waals surface area contributed by atoms with Crippen LogP contribution in [0, 0.1) is 6.92 Å². The van der Waals surface area contributed by atoms with E-state index in [1.807, 2.05) is 44.2 Å². The number of aryl methyl sites for hydroxylation is 1. The molecular formula is C25H35N3O4S. The van der Waals surface area contributed by atoms with E-state index in [0.717, 1.165) is 23.8 Å². The van der Waals surface area contributed by atoms with Gasteiger partial charge in [0.2, 0.25) is 21.8 Å². The summed E-state index contributed by atoms with van der Waals surface area (Å²) in [5, 5.41) is 2.86. The number of hydrogen-bond donors (Lipinski definition) is 1. The maximum absolute atomic E-state index is 13.2. The molecule has 0 fully saturated rings. The quantitative estimate of drug-likeness (QED) is 0.511. The smallest absolute Gasteiger partial charge is 0.242 e. The maximum atomic E-state index is 13.2. The van der Waals surface area contributed by atoms with Gasteiger partial charge < -0.3 is 10.2 Å². The van der Waals surface area contributed by atoms with Gasteiger partial charge in [0.1, 0.15) is 6.04 Å². The van der Waals surface area contributed by atoms with Crippen LogP contribution in [0.15, 0.2) is 54.6 Å². The van der Waals surface area contributed by atoms with Crippen molar-refractivity contribution in [3.63, 3.8) is 0 Å². The molecule has 1 atom stereocenters. The average Bonchev–Trinajstić information content (AvgIpc) is 2.77. The van der Waals surface area contributed by atoms with Crippen LogP contribution in [0.1, 0.15) is 44.2 Å². The standard InChI is InChI=1S/C25H35N3O4S/c1-5-16-26-25(30)21(3)27(19-22-12-9-11-20(2)18-22)24(29)15-10-17-28(33(4,31)32)23-13-7-6-8-14-23/h6-9,11-14,18,21H,5,10,15-17,19H2,1-4H3,(H,26,30)/t21-/m0/s1. The van der Waals surface area contributed by atoms with Crippen molar-refractivity contribution >= 4 is 27.5 Å². The summed E-state index contributed by atoms with van der Waals surface area (Å²) >= 11 is 0. The first-order chi connectivity index (χ1) is 15.6. The van der Waals surface area contributed by atoms with E-state index in [0.29, 0.717) is 25.2 Å². The van der Waals surface area contributed by atoms with Gasteiger partial charge in [-0.05, 0) is 44.4 Å². The average molecular weight is 474 g/mol. The minimum Gasteiger partial charge on any atom is -0.354 e. The number of sulfonamides is 1. The second kappa shape index (κ2) is 12.4. The summed E-state index contributed by atoms with van der Waals surface area (Å²) in [6.07, 6.45) is 2.45. The van der Waals surface area contributed by atoms with E-state index in [-0.39, 0.29) is 24.8 Å². The minimum atomic E-state index is -3.49. The lowest BCUT2D eigenvalue weighted by molar-refractivity contribution is -0.140. The van der Waals surface area contributed by atoms with Crippen molar-refractivity contribution in [2.24, 2.45) is 0 Å². The predicted molar refractivity (Wildman–Crippen MR) is 132 cm³/mol. The summed E-state index contributed by atoms with van der Waals surface area (Å²) in [4.78, 5) is 27.4. The fraction of sp³-hybridized carbons (Fsp3) is 0.440. The van der Waals surface area contributed by atoms with E-state index in [4.69, 9.17) is 0 Å². The van der Waals surface area contributed by atoms with Crippen molar-refractivity contribution in [2.75, 3.05) is 23.7 Å². The third-order valence-corrected chi connectivity index (χ3v) is 6.54. The van der Waals surface area contributed by atoms with Gasteiger partial charge in [0.25, 0.3) is 0 Å². The molecular weight excluding hydrogens is 438 g/mol. The molecule has 0 aliphatic carbocycles. The largest absolute Gasteiger partial charge is 0.354 e. The Hall–Kier alpha value is -2.87. The van der Waals surface area contributed by atoms with E-state index in [1.54, 1.807) is 36.1 Å². The fourth-order valence-electron chi connectivity index (χ4n) is 3.58. The molecule has 33 heavy (non-hydrogen) atoms. The van der Waals surface area contributed by atoms with E-state index < -0.39 is 16.1 Å². The Morgan fingerprint density at radius 2 is 1.76 bits per heavy atom. The van der Waals surface area contributed by atoms with Gasteiger partial charge in [-0.15, -0.1) is 0 Å². The monoisotopic (exact) mass is 473 g/mol. The molecule has 180 valence electrons. The van der Waals surface area contributed by atoms with E-state index >= 15 is 0 Å². The molecule has 0 aliphatic heterocycles. The van der Waals surface area contributed by atoms with Gasteiger partial charge in [0.15, 0.2) is 0 Å². The van der Waals surface area contributed by atoms with Gasteiger partial charge in [0, 0.05) is 26.1 Å². The van der Waals surface area contributed by atoms with Gasteiger partial charge >= 0.3 is 0 Å². The highest BCUT2D eigenvalue weighted by Crippen LogP contribution is 2.19.